The molecule has 7 rings (SSSR count). The molecule has 52 heavy (non-hydrogen) atoms. The number of halogens is 1. The smallest absolute Gasteiger partial charge is 0.335 e. The van der Waals surface area contributed by atoms with Crippen molar-refractivity contribution in [2.45, 2.75) is 101 Å². The van der Waals surface area contributed by atoms with E-state index in [0.29, 0.717) is 35.8 Å². The van der Waals surface area contributed by atoms with Crippen LogP contribution in [0.4, 0.5) is 5.69 Å². The molecule has 2 heterocycles. The summed E-state index contributed by atoms with van der Waals surface area (Å²) in [6.45, 7) is 13.9. The maximum absolute atomic E-state index is 12.2. The Morgan fingerprint density at radius 1 is 1.13 bits per heavy atom. The lowest BCUT2D eigenvalue weighted by Crippen LogP contribution is -2.52. The van der Waals surface area contributed by atoms with Crippen molar-refractivity contribution in [3.63, 3.8) is 0 Å². The number of fused-ring (bicyclic) bond motifs is 3. The molecule has 1 spiro atoms. The summed E-state index contributed by atoms with van der Waals surface area (Å²) in [4.78, 5) is 23.5. The maximum atomic E-state index is 12.2. The second-order valence-corrected chi connectivity index (χ2v) is 23.3. The molecule has 2 fully saturated rings. The van der Waals surface area contributed by atoms with E-state index < -0.39 is 14.3 Å². The van der Waals surface area contributed by atoms with E-state index in [0.717, 1.165) is 72.6 Å². The Morgan fingerprint density at radius 3 is 2.62 bits per heavy atom. The van der Waals surface area contributed by atoms with Crippen LogP contribution in [0.2, 0.25) is 23.2 Å². The molecular weight excluding hydrogens is 706 g/mol. The zero-order chi connectivity index (χ0) is 36.7. The van der Waals surface area contributed by atoms with E-state index >= 15 is 0 Å². The molecule has 0 radical (unpaired) electrons. The van der Waals surface area contributed by atoms with Gasteiger partial charge in [-0.1, -0.05) is 62.4 Å². The number of carboxylic acids is 1. The van der Waals surface area contributed by atoms with E-state index in [4.69, 9.17) is 20.8 Å². The highest BCUT2D eigenvalue weighted by Gasteiger charge is 2.47. The molecule has 0 bridgehead atoms. The molecule has 3 aromatic rings. The van der Waals surface area contributed by atoms with Crippen molar-refractivity contribution in [3.05, 3.63) is 88.7 Å². The molecule has 0 saturated heterocycles. The van der Waals surface area contributed by atoms with Crippen LogP contribution in [0.1, 0.15) is 80.8 Å². The van der Waals surface area contributed by atoms with Crippen LogP contribution in [0.25, 0.3) is 0 Å². The number of carboxylic acid groups (broad SMARTS) is 1. The summed E-state index contributed by atoms with van der Waals surface area (Å²) < 4.78 is 14.0. The highest BCUT2D eigenvalue weighted by Crippen LogP contribution is 2.49. The standard InChI is InChI=1S/C42H54ClN3O4SSi/c1-41(2,3)52(4,5)50-37(17-12-28-9-10-32(28)25-51-40-44-20-7-21-45-40)34-15-11-31(34)24-46-26-42(19-6-8-29-22-33(43)14-16-35(29)42)27-49-38-18-13-30(39(47)48)23-36(38)46/h7,12-14,16-18,20-23,28,31-32,34,37H,6,8-11,15,19,24-27H2,1-5H3,(H,47,48)/b17-12-/t28-,31-,32-,34+,37-,42?/m0/s1. The fourth-order valence-corrected chi connectivity index (χ4v) is 10.9. The fourth-order valence-electron chi connectivity index (χ4n) is 8.42. The summed E-state index contributed by atoms with van der Waals surface area (Å²) in [5.74, 6) is 2.85. The van der Waals surface area contributed by atoms with Crippen LogP contribution in [-0.2, 0) is 16.3 Å². The quantitative estimate of drug-likeness (QED) is 0.0896. The molecule has 1 aliphatic heterocycles. The summed E-state index contributed by atoms with van der Waals surface area (Å²) in [6, 6.07) is 13.6. The van der Waals surface area contributed by atoms with E-state index in [1.165, 1.54) is 24.0 Å². The predicted molar refractivity (Wildman–Crippen MR) is 214 cm³/mol. The largest absolute Gasteiger partial charge is 0.490 e. The van der Waals surface area contributed by atoms with Gasteiger partial charge in [-0.3, -0.25) is 0 Å². The van der Waals surface area contributed by atoms with Gasteiger partial charge >= 0.3 is 5.97 Å². The molecule has 6 atom stereocenters. The van der Waals surface area contributed by atoms with Crippen LogP contribution < -0.4 is 9.64 Å². The molecule has 278 valence electrons. The number of aryl methyl sites for hydroxylation is 1. The molecule has 2 aromatic carbocycles. The summed E-state index contributed by atoms with van der Waals surface area (Å²) in [6.07, 6.45) is 16.4. The number of nitrogens with zero attached hydrogens (tertiary/aromatic N) is 3. The van der Waals surface area contributed by atoms with Crippen LogP contribution >= 0.6 is 23.4 Å². The number of anilines is 1. The minimum absolute atomic E-state index is 0.0468. The Balaban J connectivity index is 1.15. The van der Waals surface area contributed by atoms with Gasteiger partial charge in [-0.05, 0) is 134 Å². The van der Waals surface area contributed by atoms with E-state index in [2.05, 4.69) is 73.0 Å². The first-order valence-corrected chi connectivity index (χ1v) is 23.4. The Morgan fingerprint density at radius 2 is 1.92 bits per heavy atom. The minimum Gasteiger partial charge on any atom is -0.490 e. The highest BCUT2D eigenvalue weighted by atomic mass is 35.5. The number of allylic oxidation sites excluding steroid dienone is 1. The van der Waals surface area contributed by atoms with E-state index in [1.807, 2.05) is 36.7 Å². The number of thioether (sulfide) groups is 1. The molecule has 0 amide bonds. The van der Waals surface area contributed by atoms with Crippen LogP contribution in [0, 0.1) is 23.7 Å². The number of aromatic carboxylic acids is 1. The van der Waals surface area contributed by atoms with Crippen LogP contribution in [0.15, 0.2) is 72.2 Å². The number of ether oxygens (including phenoxy) is 1. The number of carbonyl (C=O) groups is 1. The van der Waals surface area contributed by atoms with Gasteiger partial charge in [-0.15, -0.1) is 0 Å². The molecule has 4 aliphatic rings. The predicted octanol–water partition coefficient (Wildman–Crippen LogP) is 10.1. The summed E-state index contributed by atoms with van der Waals surface area (Å²) in [7, 11) is -2.08. The first kappa shape index (κ1) is 37.5. The normalized spacial score (nSPS) is 26.5. The topological polar surface area (TPSA) is 84.8 Å². The van der Waals surface area contributed by atoms with E-state index in [9.17, 15) is 9.90 Å². The molecule has 10 heteroatoms. The van der Waals surface area contributed by atoms with Gasteiger partial charge in [0.05, 0.1) is 24.0 Å². The SMILES string of the molecule is CC(C)(C)[Si](C)(C)O[C@@H](/C=C\[C@@H]1CC[C@H]1CSc1ncccn1)[C@@H]1CC[C@H]1CN1CC2(CCCc3cc(Cl)ccc32)COc2ccc(C(=O)O)cc21. The molecule has 7 nitrogen and oxygen atoms in total. The zero-order valence-electron chi connectivity index (χ0n) is 31.3. The Labute approximate surface area is 320 Å². The van der Waals surface area contributed by atoms with Gasteiger partial charge in [-0.2, -0.15) is 0 Å². The Hall–Kier alpha value is -2.85. The molecule has 1 aromatic heterocycles. The van der Waals surface area contributed by atoms with Crippen molar-refractivity contribution in [2.24, 2.45) is 23.7 Å². The first-order chi connectivity index (χ1) is 24.8. The summed E-state index contributed by atoms with van der Waals surface area (Å²) in [5.41, 5.74) is 3.59. The lowest BCUT2D eigenvalue weighted by molar-refractivity contribution is 0.0519. The molecule has 1 unspecified atom stereocenters. The van der Waals surface area contributed by atoms with Gasteiger partial charge in [0.1, 0.15) is 5.75 Å². The maximum Gasteiger partial charge on any atom is 0.335 e. The Bertz CT molecular complexity index is 1780. The van der Waals surface area contributed by atoms with Crippen LogP contribution in [-0.4, -0.2) is 60.9 Å². The molecule has 3 aliphatic carbocycles. The van der Waals surface area contributed by atoms with Gasteiger partial charge in [0.15, 0.2) is 13.5 Å². The van der Waals surface area contributed by atoms with Gasteiger partial charge in [0.2, 0.25) is 0 Å². The van der Waals surface area contributed by atoms with Crippen molar-refractivity contribution in [1.29, 1.82) is 0 Å². The van der Waals surface area contributed by atoms with Gasteiger partial charge in [0.25, 0.3) is 0 Å². The minimum atomic E-state index is -2.08. The first-order valence-electron chi connectivity index (χ1n) is 19.1. The third-order valence-electron chi connectivity index (χ3n) is 12.9. The Kier molecular flexibility index (Phi) is 10.9. The molecule has 1 N–H and O–H groups in total. The van der Waals surface area contributed by atoms with Crippen molar-refractivity contribution >= 4 is 43.3 Å². The van der Waals surface area contributed by atoms with Gasteiger partial charge in [-0.25, -0.2) is 14.8 Å². The van der Waals surface area contributed by atoms with Crippen molar-refractivity contribution in [2.75, 3.05) is 30.3 Å². The van der Waals surface area contributed by atoms with Gasteiger partial charge < -0.3 is 19.2 Å². The summed E-state index contributed by atoms with van der Waals surface area (Å²) in [5, 5.41) is 11.7. The van der Waals surface area contributed by atoms with Crippen LogP contribution in [0.3, 0.4) is 0 Å². The molecular formula is C42H54ClN3O4SSi. The lowest BCUT2D eigenvalue weighted by Gasteiger charge is -2.48. The number of rotatable bonds is 11. The molecule has 2 saturated carbocycles. The fraction of sp³-hybridized carbons (Fsp3) is 0.548. The van der Waals surface area contributed by atoms with Crippen molar-refractivity contribution in [1.82, 2.24) is 9.97 Å². The third-order valence-corrected chi connectivity index (χ3v) is 18.6. The second kappa shape index (κ2) is 15.1. The zero-order valence-corrected chi connectivity index (χ0v) is 33.9. The number of benzene rings is 2. The van der Waals surface area contributed by atoms with E-state index in [-0.39, 0.29) is 16.6 Å². The number of hydrogen-bond acceptors (Lipinski definition) is 7. The number of aromatic nitrogens is 2. The number of hydrogen-bond donors (Lipinski definition) is 1. The second-order valence-electron chi connectivity index (χ2n) is 17.2. The average molecular weight is 761 g/mol. The highest BCUT2D eigenvalue weighted by molar-refractivity contribution is 7.99. The van der Waals surface area contributed by atoms with Crippen molar-refractivity contribution < 1.29 is 19.1 Å². The third kappa shape index (κ3) is 7.84. The lowest BCUT2D eigenvalue weighted by atomic mass is 9.68. The van der Waals surface area contributed by atoms with Crippen LogP contribution in [0.5, 0.6) is 5.75 Å². The van der Waals surface area contributed by atoms with E-state index in [1.54, 1.807) is 17.8 Å². The van der Waals surface area contributed by atoms with Gasteiger partial charge in [0, 0.05) is 41.7 Å². The average Bonchev–Trinajstić information content (AvgIpc) is 3.22. The van der Waals surface area contributed by atoms with Crippen molar-refractivity contribution in [3.8, 4) is 5.75 Å². The summed E-state index contributed by atoms with van der Waals surface area (Å²) >= 11 is 8.25. The monoisotopic (exact) mass is 759 g/mol.